The Bertz CT molecular complexity index is 822. The van der Waals surface area contributed by atoms with E-state index in [4.69, 9.17) is 0 Å². The number of fused-ring (bicyclic) bond motifs is 1. The van der Waals surface area contributed by atoms with Gasteiger partial charge in [0.1, 0.15) is 11.6 Å². The topological polar surface area (TPSA) is 63.1 Å². The van der Waals surface area contributed by atoms with Crippen LogP contribution in [0.25, 0.3) is 0 Å². The van der Waals surface area contributed by atoms with Crippen molar-refractivity contribution >= 4 is 5.91 Å². The lowest BCUT2D eigenvalue weighted by Crippen LogP contribution is -2.35. The van der Waals surface area contributed by atoms with Crippen molar-refractivity contribution in [2.75, 3.05) is 19.6 Å². The molecule has 0 radical (unpaired) electrons. The van der Waals surface area contributed by atoms with Crippen molar-refractivity contribution in [2.45, 2.75) is 58.5 Å². The van der Waals surface area contributed by atoms with Gasteiger partial charge in [-0.25, -0.2) is 0 Å². The second-order valence-electron chi connectivity index (χ2n) is 7.85. The molecule has 1 atom stereocenters. The molecule has 2 aromatic rings. The van der Waals surface area contributed by atoms with Gasteiger partial charge in [0.25, 0.3) is 0 Å². The summed E-state index contributed by atoms with van der Waals surface area (Å²) in [5.41, 5.74) is 3.61. The van der Waals surface area contributed by atoms with E-state index in [-0.39, 0.29) is 5.91 Å². The van der Waals surface area contributed by atoms with Gasteiger partial charge in [0.15, 0.2) is 0 Å². The van der Waals surface area contributed by atoms with Crippen LogP contribution in [0, 0.1) is 13.8 Å². The molecule has 0 spiro atoms. The van der Waals surface area contributed by atoms with Crippen LogP contribution in [0.5, 0.6) is 0 Å². The Morgan fingerprint density at radius 1 is 1.15 bits per heavy atom. The molecule has 144 valence electrons. The lowest BCUT2D eigenvalue weighted by Gasteiger charge is -2.24. The van der Waals surface area contributed by atoms with Gasteiger partial charge < -0.3 is 14.8 Å². The lowest BCUT2D eigenvalue weighted by atomic mass is 10.0. The number of aryl methyl sites for hydroxylation is 2. The zero-order valence-electron chi connectivity index (χ0n) is 16.4. The molecule has 1 amide bonds. The van der Waals surface area contributed by atoms with Crippen LogP contribution in [0.15, 0.2) is 18.2 Å². The summed E-state index contributed by atoms with van der Waals surface area (Å²) in [5, 5.41) is 12.5. The van der Waals surface area contributed by atoms with E-state index in [0.717, 1.165) is 56.2 Å². The highest BCUT2D eigenvalue weighted by Crippen LogP contribution is 2.23. The number of hydrogen-bond acceptors (Lipinski definition) is 4. The fourth-order valence-electron chi connectivity index (χ4n) is 4.12. The van der Waals surface area contributed by atoms with Gasteiger partial charge in [-0.15, -0.1) is 10.2 Å². The number of carbonyl (C=O) groups is 1. The fraction of sp³-hybridized carbons (Fsp3) is 0.571. The monoisotopic (exact) mass is 367 g/mol. The van der Waals surface area contributed by atoms with E-state index in [9.17, 15) is 4.79 Å². The molecule has 1 saturated heterocycles. The highest BCUT2D eigenvalue weighted by molar-refractivity contribution is 5.79. The van der Waals surface area contributed by atoms with Crippen LogP contribution in [0.3, 0.4) is 0 Å². The van der Waals surface area contributed by atoms with Crippen LogP contribution in [0.4, 0.5) is 0 Å². The molecule has 3 heterocycles. The summed E-state index contributed by atoms with van der Waals surface area (Å²) in [6.45, 7) is 7.49. The smallest absolute Gasteiger partial charge is 0.227 e. The third-order valence-corrected chi connectivity index (χ3v) is 5.96. The highest BCUT2D eigenvalue weighted by atomic mass is 16.2. The molecule has 0 unspecified atom stereocenters. The van der Waals surface area contributed by atoms with Crippen molar-refractivity contribution in [2.24, 2.45) is 0 Å². The molecule has 1 aromatic heterocycles. The summed E-state index contributed by atoms with van der Waals surface area (Å²) < 4.78 is 2.24. The maximum absolute atomic E-state index is 12.8. The maximum Gasteiger partial charge on any atom is 0.227 e. The molecule has 1 aromatic carbocycles. The predicted octanol–water partition coefficient (Wildman–Crippen LogP) is 2.34. The summed E-state index contributed by atoms with van der Waals surface area (Å²) in [6, 6.07) is 6.61. The normalized spacial score (nSPS) is 20.2. The number of rotatable bonds is 3. The average molecular weight is 367 g/mol. The van der Waals surface area contributed by atoms with Gasteiger partial charge in [-0.2, -0.15) is 0 Å². The van der Waals surface area contributed by atoms with Crippen LogP contribution in [-0.2, 0) is 24.2 Å². The molecule has 1 N–H and O–H groups in total. The number of nitrogens with one attached hydrogen (secondary N) is 1. The largest absolute Gasteiger partial charge is 0.340 e. The Morgan fingerprint density at radius 2 is 2.04 bits per heavy atom. The first kappa shape index (κ1) is 18.2. The second kappa shape index (κ2) is 7.80. The minimum Gasteiger partial charge on any atom is -0.340 e. The molecule has 6 nitrogen and oxygen atoms in total. The van der Waals surface area contributed by atoms with Crippen molar-refractivity contribution in [3.63, 3.8) is 0 Å². The van der Waals surface area contributed by atoms with Crippen LogP contribution in [0.1, 0.15) is 53.6 Å². The summed E-state index contributed by atoms with van der Waals surface area (Å²) in [4.78, 5) is 14.8. The number of benzene rings is 1. The first-order valence-electron chi connectivity index (χ1n) is 10.1. The first-order chi connectivity index (χ1) is 13.1. The molecule has 0 aliphatic carbocycles. The summed E-state index contributed by atoms with van der Waals surface area (Å²) in [5.74, 6) is 2.27. The number of carbonyl (C=O) groups excluding carboxylic acids is 1. The minimum atomic E-state index is 0.203. The molecule has 2 aliphatic rings. The molecule has 6 heteroatoms. The SMILES string of the molecule is Cc1ccc(CC(=O)N2CCc3nnc([C@@H]4CCCCN4)n3CC2)cc1C. The number of amides is 1. The van der Waals surface area contributed by atoms with Gasteiger partial charge in [0.05, 0.1) is 12.5 Å². The Balaban J connectivity index is 1.42. The predicted molar refractivity (Wildman–Crippen MR) is 105 cm³/mol. The van der Waals surface area contributed by atoms with E-state index >= 15 is 0 Å². The van der Waals surface area contributed by atoms with Gasteiger partial charge >= 0.3 is 0 Å². The van der Waals surface area contributed by atoms with Crippen molar-refractivity contribution in [3.05, 3.63) is 46.5 Å². The first-order valence-corrected chi connectivity index (χ1v) is 10.1. The summed E-state index contributed by atoms with van der Waals surface area (Å²) >= 11 is 0. The Morgan fingerprint density at radius 3 is 2.81 bits per heavy atom. The molecule has 1 fully saturated rings. The quantitative estimate of drug-likeness (QED) is 0.904. The van der Waals surface area contributed by atoms with Crippen LogP contribution in [-0.4, -0.2) is 45.2 Å². The third-order valence-electron chi connectivity index (χ3n) is 5.96. The molecular weight excluding hydrogens is 338 g/mol. The Labute approximate surface area is 161 Å². The Kier molecular flexibility index (Phi) is 5.25. The highest BCUT2D eigenvalue weighted by Gasteiger charge is 2.26. The number of nitrogens with zero attached hydrogens (tertiary/aromatic N) is 4. The van der Waals surface area contributed by atoms with Crippen LogP contribution < -0.4 is 5.32 Å². The van der Waals surface area contributed by atoms with Crippen molar-refractivity contribution in [1.82, 2.24) is 25.0 Å². The standard InChI is InChI=1S/C21H29N5O/c1-15-6-7-17(13-16(15)2)14-20(27)25-10-8-19-23-24-21(26(19)12-11-25)18-5-3-4-9-22-18/h6-7,13,18,22H,3-5,8-12,14H2,1-2H3/t18-/m0/s1. The zero-order valence-corrected chi connectivity index (χ0v) is 16.4. The third kappa shape index (κ3) is 3.90. The van der Waals surface area contributed by atoms with Crippen molar-refractivity contribution in [3.8, 4) is 0 Å². The molecule has 0 saturated carbocycles. The van der Waals surface area contributed by atoms with Crippen LogP contribution >= 0.6 is 0 Å². The van der Waals surface area contributed by atoms with E-state index in [0.29, 0.717) is 12.5 Å². The second-order valence-corrected chi connectivity index (χ2v) is 7.85. The van der Waals surface area contributed by atoms with E-state index < -0.39 is 0 Å². The van der Waals surface area contributed by atoms with Gasteiger partial charge in [-0.3, -0.25) is 4.79 Å². The van der Waals surface area contributed by atoms with Crippen molar-refractivity contribution in [1.29, 1.82) is 0 Å². The average Bonchev–Trinajstić information content (AvgIpc) is 2.96. The maximum atomic E-state index is 12.8. The van der Waals surface area contributed by atoms with E-state index in [1.165, 1.54) is 24.0 Å². The van der Waals surface area contributed by atoms with Crippen molar-refractivity contribution < 1.29 is 4.79 Å². The zero-order chi connectivity index (χ0) is 18.8. The summed E-state index contributed by atoms with van der Waals surface area (Å²) in [7, 11) is 0. The van der Waals surface area contributed by atoms with Gasteiger partial charge in [-0.05, 0) is 49.9 Å². The number of hydrogen-bond donors (Lipinski definition) is 1. The molecular formula is C21H29N5O. The number of aromatic nitrogens is 3. The molecule has 4 rings (SSSR count). The van der Waals surface area contributed by atoms with E-state index in [2.05, 4.69) is 52.1 Å². The molecule has 2 aliphatic heterocycles. The van der Waals surface area contributed by atoms with E-state index in [1.54, 1.807) is 0 Å². The summed E-state index contributed by atoms with van der Waals surface area (Å²) in [6.07, 6.45) is 4.84. The molecule has 0 bridgehead atoms. The fourth-order valence-corrected chi connectivity index (χ4v) is 4.12. The minimum absolute atomic E-state index is 0.203. The Hall–Kier alpha value is -2.21. The van der Waals surface area contributed by atoms with E-state index in [1.807, 2.05) is 4.90 Å². The van der Waals surface area contributed by atoms with Gasteiger partial charge in [0.2, 0.25) is 5.91 Å². The van der Waals surface area contributed by atoms with Gasteiger partial charge in [0, 0.05) is 26.1 Å². The number of piperidine rings is 1. The molecule has 27 heavy (non-hydrogen) atoms. The lowest BCUT2D eigenvalue weighted by molar-refractivity contribution is -0.130. The van der Waals surface area contributed by atoms with Gasteiger partial charge in [-0.1, -0.05) is 24.6 Å². The van der Waals surface area contributed by atoms with Crippen LogP contribution in [0.2, 0.25) is 0 Å².